The van der Waals surface area contributed by atoms with E-state index in [2.05, 4.69) is 62.6 Å². The highest BCUT2D eigenvalue weighted by atomic mass is 32.2. The van der Waals surface area contributed by atoms with Crippen LogP contribution in [0.2, 0.25) is 0 Å². The summed E-state index contributed by atoms with van der Waals surface area (Å²) in [6, 6.07) is 8.62. The topological polar surface area (TPSA) is 41.1 Å². The quantitative estimate of drug-likeness (QED) is 0.757. The van der Waals surface area contributed by atoms with Crippen molar-refractivity contribution in [1.82, 2.24) is 10.6 Å². The van der Waals surface area contributed by atoms with Crippen LogP contribution in [0.3, 0.4) is 0 Å². The first kappa shape index (κ1) is 18.1. The highest BCUT2D eigenvalue weighted by Crippen LogP contribution is 2.19. The van der Waals surface area contributed by atoms with Gasteiger partial charge in [0.15, 0.2) is 0 Å². The molecule has 0 radical (unpaired) electrons. The molecular formula is C17H28N2OS. The first-order valence-corrected chi connectivity index (χ1v) is 8.55. The third kappa shape index (κ3) is 8.12. The van der Waals surface area contributed by atoms with E-state index in [1.165, 1.54) is 5.56 Å². The number of amides is 1. The van der Waals surface area contributed by atoms with Crippen molar-refractivity contribution in [2.75, 3.05) is 5.75 Å². The fraction of sp³-hybridized carbons (Fsp3) is 0.588. The molecular weight excluding hydrogens is 280 g/mol. The summed E-state index contributed by atoms with van der Waals surface area (Å²) in [5, 5.41) is 6.46. The van der Waals surface area contributed by atoms with E-state index in [9.17, 15) is 4.79 Å². The van der Waals surface area contributed by atoms with Crippen LogP contribution in [0.4, 0.5) is 0 Å². The van der Waals surface area contributed by atoms with Gasteiger partial charge >= 0.3 is 0 Å². The normalized spacial score (nSPS) is 13.0. The molecule has 0 saturated heterocycles. The van der Waals surface area contributed by atoms with E-state index < -0.39 is 0 Å². The van der Waals surface area contributed by atoms with Crippen LogP contribution in [0, 0.1) is 0 Å². The molecule has 0 heterocycles. The molecule has 0 saturated carbocycles. The Balaban J connectivity index is 2.47. The van der Waals surface area contributed by atoms with Gasteiger partial charge in [-0.05, 0) is 51.8 Å². The molecule has 1 unspecified atom stereocenters. The number of carbonyl (C=O) groups excluding carboxylic acids is 1. The summed E-state index contributed by atoms with van der Waals surface area (Å²) in [6.45, 7) is 11.4. The minimum absolute atomic E-state index is 0.104. The Morgan fingerprint density at radius 1 is 1.33 bits per heavy atom. The Morgan fingerprint density at radius 3 is 2.67 bits per heavy atom. The number of hydrogen-bond donors (Lipinski definition) is 2. The van der Waals surface area contributed by atoms with Gasteiger partial charge in [-0.2, -0.15) is 0 Å². The molecule has 21 heavy (non-hydrogen) atoms. The Hall–Kier alpha value is -1.00. The van der Waals surface area contributed by atoms with Gasteiger partial charge < -0.3 is 10.6 Å². The van der Waals surface area contributed by atoms with Crippen LogP contribution < -0.4 is 10.6 Å². The van der Waals surface area contributed by atoms with Crippen LogP contribution in [-0.4, -0.2) is 23.2 Å². The Kier molecular flexibility index (Phi) is 7.26. The summed E-state index contributed by atoms with van der Waals surface area (Å²) in [5.74, 6) is 0.577. The van der Waals surface area contributed by atoms with Gasteiger partial charge in [-0.25, -0.2) is 0 Å². The van der Waals surface area contributed by atoms with Gasteiger partial charge in [0.25, 0.3) is 0 Å². The van der Waals surface area contributed by atoms with Gasteiger partial charge in [0.2, 0.25) is 5.91 Å². The van der Waals surface area contributed by atoms with Crippen molar-refractivity contribution in [3.63, 3.8) is 0 Å². The van der Waals surface area contributed by atoms with E-state index in [0.29, 0.717) is 5.75 Å². The fourth-order valence-electron chi connectivity index (χ4n) is 1.68. The molecule has 2 N–H and O–H groups in total. The van der Waals surface area contributed by atoms with Crippen LogP contribution in [0.5, 0.6) is 0 Å². The summed E-state index contributed by atoms with van der Waals surface area (Å²) >= 11 is 1.59. The van der Waals surface area contributed by atoms with Gasteiger partial charge in [0.1, 0.15) is 0 Å². The average molecular weight is 308 g/mol. The molecule has 1 rings (SSSR count). The second-order valence-electron chi connectivity index (χ2n) is 6.42. The lowest BCUT2D eigenvalue weighted by atomic mass is 10.1. The second-order valence-corrected chi connectivity index (χ2v) is 7.47. The lowest BCUT2D eigenvalue weighted by molar-refractivity contribution is -0.119. The molecule has 0 aliphatic rings. The second kappa shape index (κ2) is 8.44. The monoisotopic (exact) mass is 308 g/mol. The molecule has 1 atom stereocenters. The molecule has 0 aliphatic carbocycles. The molecule has 4 heteroatoms. The standard InChI is InChI=1S/C17H28N2OS/c1-6-13(2)19-16(20)12-21-15-9-7-8-14(10-15)11-18-17(3,4)5/h7-10,13,18H,6,11-12H2,1-5H3,(H,19,20). The van der Waals surface area contributed by atoms with Crippen molar-refractivity contribution < 1.29 is 4.79 Å². The van der Waals surface area contributed by atoms with Crippen molar-refractivity contribution in [2.24, 2.45) is 0 Å². The number of carbonyl (C=O) groups is 1. The van der Waals surface area contributed by atoms with Gasteiger partial charge in [-0.3, -0.25) is 4.79 Å². The maximum atomic E-state index is 11.8. The smallest absolute Gasteiger partial charge is 0.230 e. The molecule has 1 aromatic rings. The highest BCUT2D eigenvalue weighted by Gasteiger charge is 2.09. The van der Waals surface area contributed by atoms with Gasteiger partial charge in [0, 0.05) is 23.0 Å². The number of thioether (sulfide) groups is 1. The van der Waals surface area contributed by atoms with Gasteiger partial charge in [-0.15, -0.1) is 11.8 Å². The van der Waals surface area contributed by atoms with Crippen LogP contribution in [-0.2, 0) is 11.3 Å². The Morgan fingerprint density at radius 2 is 2.05 bits per heavy atom. The lowest BCUT2D eigenvalue weighted by Crippen LogP contribution is -2.35. The third-order valence-corrected chi connectivity index (χ3v) is 4.10. The van der Waals surface area contributed by atoms with Crippen LogP contribution in [0.25, 0.3) is 0 Å². The molecule has 1 aromatic carbocycles. The number of benzene rings is 1. The van der Waals surface area contributed by atoms with E-state index >= 15 is 0 Å². The SMILES string of the molecule is CCC(C)NC(=O)CSc1cccc(CNC(C)(C)C)c1. The van der Waals surface area contributed by atoms with E-state index in [0.717, 1.165) is 17.9 Å². The lowest BCUT2D eigenvalue weighted by Gasteiger charge is -2.20. The average Bonchev–Trinajstić information content (AvgIpc) is 2.42. The first-order chi connectivity index (χ1) is 9.80. The van der Waals surface area contributed by atoms with E-state index in [4.69, 9.17) is 0 Å². The maximum Gasteiger partial charge on any atom is 0.230 e. The van der Waals surface area contributed by atoms with E-state index in [1.807, 2.05) is 6.92 Å². The van der Waals surface area contributed by atoms with Gasteiger partial charge in [0.05, 0.1) is 5.75 Å². The predicted molar refractivity (Wildman–Crippen MR) is 91.7 cm³/mol. The minimum Gasteiger partial charge on any atom is -0.353 e. The van der Waals surface area contributed by atoms with E-state index in [-0.39, 0.29) is 17.5 Å². The number of rotatable bonds is 7. The van der Waals surface area contributed by atoms with E-state index in [1.54, 1.807) is 11.8 Å². The largest absolute Gasteiger partial charge is 0.353 e. The molecule has 1 amide bonds. The molecule has 0 fully saturated rings. The zero-order chi connectivity index (χ0) is 15.9. The molecule has 0 aromatic heterocycles. The molecule has 3 nitrogen and oxygen atoms in total. The minimum atomic E-state index is 0.104. The predicted octanol–water partition coefficient (Wildman–Crippen LogP) is 3.58. The molecule has 0 bridgehead atoms. The first-order valence-electron chi connectivity index (χ1n) is 7.56. The van der Waals surface area contributed by atoms with Gasteiger partial charge in [-0.1, -0.05) is 19.1 Å². The van der Waals surface area contributed by atoms with Crippen molar-refractivity contribution >= 4 is 17.7 Å². The number of hydrogen-bond acceptors (Lipinski definition) is 3. The van der Waals surface area contributed by atoms with Crippen LogP contribution in [0.15, 0.2) is 29.2 Å². The van der Waals surface area contributed by atoms with Crippen molar-refractivity contribution in [1.29, 1.82) is 0 Å². The molecule has 118 valence electrons. The summed E-state index contributed by atoms with van der Waals surface area (Å²) in [6.07, 6.45) is 0.963. The maximum absolute atomic E-state index is 11.8. The molecule has 0 spiro atoms. The molecule has 0 aliphatic heterocycles. The zero-order valence-corrected chi connectivity index (χ0v) is 14.6. The van der Waals surface area contributed by atoms with Crippen molar-refractivity contribution in [2.45, 2.75) is 64.1 Å². The Bertz CT molecular complexity index is 454. The zero-order valence-electron chi connectivity index (χ0n) is 13.8. The summed E-state index contributed by atoms with van der Waals surface area (Å²) in [5.41, 5.74) is 1.36. The van der Waals surface area contributed by atoms with Crippen LogP contribution >= 0.6 is 11.8 Å². The van der Waals surface area contributed by atoms with Crippen molar-refractivity contribution in [3.8, 4) is 0 Å². The Labute approximate surface area is 133 Å². The fourth-order valence-corrected chi connectivity index (χ4v) is 2.47. The third-order valence-electron chi connectivity index (χ3n) is 3.11. The summed E-state index contributed by atoms with van der Waals surface area (Å²) in [7, 11) is 0. The number of nitrogens with one attached hydrogen (secondary N) is 2. The summed E-state index contributed by atoms with van der Waals surface area (Å²) in [4.78, 5) is 12.9. The van der Waals surface area contributed by atoms with Crippen LogP contribution in [0.1, 0.15) is 46.6 Å². The highest BCUT2D eigenvalue weighted by molar-refractivity contribution is 8.00. The summed E-state index contributed by atoms with van der Waals surface area (Å²) < 4.78 is 0. The van der Waals surface area contributed by atoms with Crippen molar-refractivity contribution in [3.05, 3.63) is 29.8 Å².